The molecule has 0 unspecified atom stereocenters. The van der Waals surface area contributed by atoms with Crippen molar-refractivity contribution in [2.45, 2.75) is 44.1 Å². The molecule has 0 N–H and O–H groups in total. The molecule has 2 fully saturated rings. The summed E-state index contributed by atoms with van der Waals surface area (Å²) in [4.78, 5) is 13.5. The zero-order valence-corrected chi connectivity index (χ0v) is 16.0. The Balaban J connectivity index is 1.68. The molecule has 1 aromatic rings. The van der Waals surface area contributed by atoms with Gasteiger partial charge in [-0.1, -0.05) is 25.6 Å². The molecule has 3 rings (SSSR count). The van der Waals surface area contributed by atoms with Crippen LogP contribution < -0.4 is 0 Å². The summed E-state index contributed by atoms with van der Waals surface area (Å²) < 4.78 is 24.2. The van der Waals surface area contributed by atoms with E-state index in [-0.39, 0.29) is 17.8 Å². The fourth-order valence-corrected chi connectivity index (χ4v) is 6.30. The fraction of sp³-hybridized carbons (Fsp3) is 0.750. The van der Waals surface area contributed by atoms with Crippen LogP contribution in [0.4, 0.5) is 0 Å². The van der Waals surface area contributed by atoms with E-state index in [1.54, 1.807) is 11.8 Å². The first-order chi connectivity index (χ1) is 11.5. The summed E-state index contributed by atoms with van der Waals surface area (Å²) in [5.74, 6) is 1.60. The quantitative estimate of drug-likeness (QED) is 0.552. The van der Waals surface area contributed by atoms with Crippen molar-refractivity contribution in [1.82, 2.24) is 19.8 Å². The first-order valence-corrected chi connectivity index (χ1v) is 11.5. The minimum absolute atomic E-state index is 0.0952. The highest BCUT2D eigenvalue weighted by molar-refractivity contribution is 7.99. The van der Waals surface area contributed by atoms with Gasteiger partial charge in [0.15, 0.2) is 15.0 Å². The third-order valence-electron chi connectivity index (χ3n) is 4.81. The van der Waals surface area contributed by atoms with E-state index in [0.717, 1.165) is 49.1 Å². The number of likely N-dealkylation sites (N-methyl/N-ethyl adjacent to an activating group) is 1. The molecule has 2 aliphatic rings. The smallest absolute Gasteiger partial charge is 0.187 e. The Morgan fingerprint density at radius 1 is 1.12 bits per heavy atom. The average molecular weight is 371 g/mol. The molecule has 134 valence electrons. The summed E-state index contributed by atoms with van der Waals surface area (Å²) in [6, 6.07) is 0.229. The van der Waals surface area contributed by atoms with Gasteiger partial charge >= 0.3 is 0 Å². The van der Waals surface area contributed by atoms with Crippen LogP contribution in [0.3, 0.4) is 0 Å². The van der Waals surface area contributed by atoms with Gasteiger partial charge in [0.1, 0.15) is 0 Å². The van der Waals surface area contributed by atoms with Crippen LogP contribution in [0.5, 0.6) is 0 Å². The van der Waals surface area contributed by atoms with Gasteiger partial charge in [-0.2, -0.15) is 0 Å². The molecule has 1 aromatic heterocycles. The van der Waals surface area contributed by atoms with Crippen LogP contribution in [-0.4, -0.2) is 77.2 Å². The first kappa shape index (κ1) is 18.1. The predicted octanol–water partition coefficient (Wildman–Crippen LogP) is 1.28. The Kier molecular flexibility index (Phi) is 5.79. The van der Waals surface area contributed by atoms with Gasteiger partial charge in [0, 0.05) is 55.4 Å². The molecule has 24 heavy (non-hydrogen) atoms. The molecule has 0 bridgehead atoms. The molecular formula is C16H26N4O2S2. The average Bonchev–Trinajstić information content (AvgIpc) is 2.90. The Morgan fingerprint density at radius 3 is 2.38 bits per heavy atom. The summed E-state index contributed by atoms with van der Waals surface area (Å²) in [5.41, 5.74) is 1.06. The SMILES string of the molecule is CCCSc1ncc(CN2CCN(CC)[C@@H]3CS(=O)(=O)C[C@@H]32)cn1. The lowest BCUT2D eigenvalue weighted by atomic mass is 10.0. The highest BCUT2D eigenvalue weighted by Crippen LogP contribution is 2.28. The Morgan fingerprint density at radius 2 is 1.75 bits per heavy atom. The van der Waals surface area contributed by atoms with Gasteiger partial charge in [-0.25, -0.2) is 18.4 Å². The molecule has 8 heteroatoms. The number of rotatable bonds is 6. The van der Waals surface area contributed by atoms with E-state index in [4.69, 9.17) is 0 Å². The van der Waals surface area contributed by atoms with Gasteiger partial charge in [-0.05, 0) is 13.0 Å². The fourth-order valence-electron chi connectivity index (χ4n) is 3.61. The second kappa shape index (κ2) is 7.68. The summed E-state index contributed by atoms with van der Waals surface area (Å²) in [7, 11) is -2.93. The molecule has 0 spiro atoms. The lowest BCUT2D eigenvalue weighted by molar-refractivity contribution is 0.0437. The summed E-state index contributed by atoms with van der Waals surface area (Å²) in [6.07, 6.45) is 4.88. The third-order valence-corrected chi connectivity index (χ3v) is 7.59. The van der Waals surface area contributed by atoms with E-state index < -0.39 is 9.84 Å². The predicted molar refractivity (Wildman–Crippen MR) is 96.9 cm³/mol. The summed E-state index contributed by atoms with van der Waals surface area (Å²) in [5, 5.41) is 0.817. The van der Waals surface area contributed by atoms with Crippen LogP contribution in [-0.2, 0) is 16.4 Å². The van der Waals surface area contributed by atoms with E-state index in [1.165, 1.54) is 0 Å². The van der Waals surface area contributed by atoms with Crippen molar-refractivity contribution in [1.29, 1.82) is 0 Å². The number of aromatic nitrogens is 2. The molecule has 2 aliphatic heterocycles. The van der Waals surface area contributed by atoms with Crippen molar-refractivity contribution in [3.63, 3.8) is 0 Å². The van der Waals surface area contributed by atoms with Crippen LogP contribution in [0.25, 0.3) is 0 Å². The maximum absolute atomic E-state index is 12.1. The van der Waals surface area contributed by atoms with Crippen LogP contribution in [0, 0.1) is 0 Å². The third kappa shape index (κ3) is 4.09. The molecule has 0 aliphatic carbocycles. The van der Waals surface area contributed by atoms with Crippen LogP contribution in [0.1, 0.15) is 25.8 Å². The minimum Gasteiger partial charge on any atom is -0.297 e. The van der Waals surface area contributed by atoms with Gasteiger partial charge in [0.05, 0.1) is 11.5 Å². The van der Waals surface area contributed by atoms with Crippen LogP contribution in [0.15, 0.2) is 17.6 Å². The molecule has 3 heterocycles. The van der Waals surface area contributed by atoms with Crippen molar-refractivity contribution in [3.8, 4) is 0 Å². The molecule has 0 aromatic carbocycles. The van der Waals surface area contributed by atoms with Crippen molar-refractivity contribution in [2.75, 3.05) is 36.9 Å². The lowest BCUT2D eigenvalue weighted by Gasteiger charge is -2.43. The maximum atomic E-state index is 12.1. The van der Waals surface area contributed by atoms with Crippen LogP contribution in [0.2, 0.25) is 0 Å². The summed E-state index contributed by atoms with van der Waals surface area (Å²) >= 11 is 1.67. The van der Waals surface area contributed by atoms with E-state index >= 15 is 0 Å². The number of piperazine rings is 1. The van der Waals surface area contributed by atoms with Crippen molar-refractivity contribution >= 4 is 21.6 Å². The van der Waals surface area contributed by atoms with E-state index in [0.29, 0.717) is 5.75 Å². The lowest BCUT2D eigenvalue weighted by Crippen LogP contribution is -2.58. The standard InChI is InChI=1S/C16H26N4O2S2/c1-3-7-23-16-17-8-13(9-18-16)10-20-6-5-19(4-2)14-11-24(21,22)12-15(14)20/h8-9,14-15H,3-7,10-12H2,1-2H3/t14-,15+/m1/s1. The molecule has 2 atom stereocenters. The molecule has 0 saturated carbocycles. The van der Waals surface area contributed by atoms with Crippen LogP contribution >= 0.6 is 11.8 Å². The van der Waals surface area contributed by atoms with Gasteiger partial charge in [0.25, 0.3) is 0 Å². The number of fused-ring (bicyclic) bond motifs is 1. The van der Waals surface area contributed by atoms with Crippen molar-refractivity contribution in [2.24, 2.45) is 0 Å². The normalized spacial score (nSPS) is 27.2. The second-order valence-electron chi connectivity index (χ2n) is 6.53. The highest BCUT2D eigenvalue weighted by Gasteiger charge is 2.45. The molecule has 0 radical (unpaired) electrons. The van der Waals surface area contributed by atoms with E-state index in [2.05, 4.69) is 33.6 Å². The topological polar surface area (TPSA) is 66.4 Å². The molecule has 6 nitrogen and oxygen atoms in total. The van der Waals surface area contributed by atoms with Gasteiger partial charge < -0.3 is 0 Å². The number of thioether (sulfide) groups is 1. The molecule has 0 amide bonds. The Hall–Kier alpha value is -0.700. The second-order valence-corrected chi connectivity index (χ2v) is 9.75. The zero-order chi connectivity index (χ0) is 17.2. The highest BCUT2D eigenvalue weighted by atomic mass is 32.2. The minimum atomic E-state index is -2.93. The van der Waals surface area contributed by atoms with Gasteiger partial charge in [0.2, 0.25) is 0 Å². The number of sulfone groups is 1. The molecular weight excluding hydrogens is 344 g/mol. The number of hydrogen-bond acceptors (Lipinski definition) is 7. The van der Waals surface area contributed by atoms with E-state index in [9.17, 15) is 8.42 Å². The maximum Gasteiger partial charge on any atom is 0.187 e. The summed E-state index contributed by atoms with van der Waals surface area (Å²) in [6.45, 7) is 7.72. The zero-order valence-electron chi connectivity index (χ0n) is 14.4. The number of hydrogen-bond donors (Lipinski definition) is 0. The van der Waals surface area contributed by atoms with Crippen molar-refractivity contribution < 1.29 is 8.42 Å². The number of nitrogens with zero attached hydrogens (tertiary/aromatic N) is 4. The largest absolute Gasteiger partial charge is 0.297 e. The Bertz CT molecular complexity index is 651. The van der Waals surface area contributed by atoms with Gasteiger partial charge in [-0.15, -0.1) is 0 Å². The monoisotopic (exact) mass is 370 g/mol. The Labute approximate surface area is 149 Å². The van der Waals surface area contributed by atoms with E-state index in [1.807, 2.05) is 12.4 Å². The molecule has 2 saturated heterocycles. The van der Waals surface area contributed by atoms with Gasteiger partial charge in [-0.3, -0.25) is 9.80 Å². The first-order valence-electron chi connectivity index (χ1n) is 8.64. The van der Waals surface area contributed by atoms with Crippen molar-refractivity contribution in [3.05, 3.63) is 18.0 Å².